The van der Waals surface area contributed by atoms with Gasteiger partial charge in [-0.3, -0.25) is 0 Å². The maximum Gasteiger partial charge on any atom is 0.251 e. The second-order valence-corrected chi connectivity index (χ2v) is 5.99. The maximum atomic E-state index is 13.8. The monoisotopic (exact) mass is 414 g/mol. The number of hydrogen-bond donors (Lipinski definition) is 0. The highest BCUT2D eigenvalue weighted by molar-refractivity contribution is 9.10. The lowest BCUT2D eigenvalue weighted by Crippen LogP contribution is -1.84. The largest absolute Gasteiger partial charge is 0.416 e. The van der Waals surface area contributed by atoms with E-state index in [0.29, 0.717) is 8.95 Å². The van der Waals surface area contributed by atoms with E-state index >= 15 is 0 Å². The highest BCUT2D eigenvalue weighted by Gasteiger charge is 2.16. The van der Waals surface area contributed by atoms with Crippen molar-refractivity contribution in [3.63, 3.8) is 0 Å². The lowest BCUT2D eigenvalue weighted by molar-refractivity contribution is 0.561. The van der Waals surface area contributed by atoms with Gasteiger partial charge >= 0.3 is 0 Å². The quantitative estimate of drug-likeness (QED) is 0.576. The molecule has 106 valence electrons. The molecule has 3 nitrogen and oxygen atoms in total. The van der Waals surface area contributed by atoms with Gasteiger partial charge in [-0.1, -0.05) is 31.9 Å². The van der Waals surface area contributed by atoms with Crippen LogP contribution < -0.4 is 0 Å². The zero-order valence-electron chi connectivity index (χ0n) is 10.3. The summed E-state index contributed by atoms with van der Waals surface area (Å²) in [4.78, 5) is 0. The molecule has 3 aromatic rings. The van der Waals surface area contributed by atoms with Gasteiger partial charge in [0.25, 0.3) is 11.8 Å². The second kappa shape index (κ2) is 5.65. The third-order valence-corrected chi connectivity index (χ3v) is 3.73. The summed E-state index contributed by atoms with van der Waals surface area (Å²) in [7, 11) is 0. The zero-order valence-corrected chi connectivity index (χ0v) is 13.5. The molecule has 1 aromatic heterocycles. The summed E-state index contributed by atoms with van der Waals surface area (Å²) >= 11 is 6.33. The van der Waals surface area contributed by atoms with Crippen LogP contribution in [0.25, 0.3) is 22.9 Å². The molecule has 0 saturated heterocycles. The summed E-state index contributed by atoms with van der Waals surface area (Å²) in [5.41, 5.74) is 0.323. The smallest absolute Gasteiger partial charge is 0.251 e. The first-order valence-corrected chi connectivity index (χ1v) is 7.37. The lowest BCUT2D eigenvalue weighted by atomic mass is 10.2. The van der Waals surface area contributed by atoms with Crippen LogP contribution in [0.5, 0.6) is 0 Å². The van der Waals surface area contributed by atoms with Gasteiger partial charge in [-0.25, -0.2) is 8.78 Å². The van der Waals surface area contributed by atoms with Crippen LogP contribution in [0.15, 0.2) is 49.8 Å². The molecule has 0 fully saturated rings. The van der Waals surface area contributed by atoms with Crippen LogP contribution in [0.2, 0.25) is 0 Å². The molecule has 1 heterocycles. The molecule has 0 atom stereocenters. The van der Waals surface area contributed by atoms with E-state index in [0.717, 1.165) is 0 Å². The van der Waals surface area contributed by atoms with Crippen LogP contribution in [-0.4, -0.2) is 10.2 Å². The minimum Gasteiger partial charge on any atom is -0.416 e. The topological polar surface area (TPSA) is 38.9 Å². The minimum absolute atomic E-state index is 0.00248. The van der Waals surface area contributed by atoms with E-state index in [1.54, 1.807) is 12.1 Å². The first-order valence-electron chi connectivity index (χ1n) is 5.79. The Morgan fingerprint density at radius 3 is 1.57 bits per heavy atom. The Morgan fingerprint density at radius 2 is 1.19 bits per heavy atom. The SMILES string of the molecule is Fc1cc(Br)ccc1-c1nnc(-c2ccc(Br)cc2F)o1. The molecule has 2 aromatic carbocycles. The Bertz CT molecular complexity index is 754. The van der Waals surface area contributed by atoms with E-state index < -0.39 is 11.6 Å². The number of hydrogen-bond acceptors (Lipinski definition) is 3. The van der Waals surface area contributed by atoms with Crippen molar-refractivity contribution in [1.29, 1.82) is 0 Å². The van der Waals surface area contributed by atoms with Crippen molar-refractivity contribution in [2.45, 2.75) is 0 Å². The van der Waals surface area contributed by atoms with Crippen LogP contribution in [0.1, 0.15) is 0 Å². The highest BCUT2D eigenvalue weighted by atomic mass is 79.9. The molecule has 7 heteroatoms. The van der Waals surface area contributed by atoms with Crippen molar-refractivity contribution >= 4 is 31.9 Å². The molecule has 0 N–H and O–H groups in total. The molecule has 0 spiro atoms. The van der Waals surface area contributed by atoms with Gasteiger partial charge < -0.3 is 4.42 Å². The Labute approximate surface area is 135 Å². The van der Waals surface area contributed by atoms with Gasteiger partial charge in [0.1, 0.15) is 11.6 Å². The zero-order chi connectivity index (χ0) is 15.0. The van der Waals surface area contributed by atoms with Crippen molar-refractivity contribution in [1.82, 2.24) is 10.2 Å². The van der Waals surface area contributed by atoms with Crippen LogP contribution in [0.3, 0.4) is 0 Å². The highest BCUT2D eigenvalue weighted by Crippen LogP contribution is 2.29. The van der Waals surface area contributed by atoms with Crippen LogP contribution >= 0.6 is 31.9 Å². The predicted molar refractivity (Wildman–Crippen MR) is 80.5 cm³/mol. The minimum atomic E-state index is -0.504. The number of benzene rings is 2. The van der Waals surface area contributed by atoms with E-state index in [4.69, 9.17) is 4.42 Å². The Morgan fingerprint density at radius 1 is 0.762 bits per heavy atom. The number of aromatic nitrogens is 2. The van der Waals surface area contributed by atoms with Crippen molar-refractivity contribution < 1.29 is 13.2 Å². The summed E-state index contributed by atoms with van der Waals surface area (Å²) < 4.78 is 34.2. The van der Waals surface area contributed by atoms with Crippen molar-refractivity contribution in [2.75, 3.05) is 0 Å². The van der Waals surface area contributed by atoms with Gasteiger partial charge in [-0.15, -0.1) is 10.2 Å². The fourth-order valence-electron chi connectivity index (χ4n) is 1.77. The molecule has 0 bridgehead atoms. The van der Waals surface area contributed by atoms with Gasteiger partial charge in [-0.05, 0) is 36.4 Å². The maximum absolute atomic E-state index is 13.8. The van der Waals surface area contributed by atoms with E-state index in [2.05, 4.69) is 42.1 Å². The molecule has 3 rings (SSSR count). The molecule has 0 radical (unpaired) electrons. The van der Waals surface area contributed by atoms with E-state index in [1.165, 1.54) is 24.3 Å². The van der Waals surface area contributed by atoms with E-state index in [1.807, 2.05) is 0 Å². The normalized spacial score (nSPS) is 10.9. The van der Waals surface area contributed by atoms with E-state index in [9.17, 15) is 8.78 Å². The first kappa shape index (κ1) is 14.3. The number of halogens is 4. The van der Waals surface area contributed by atoms with Crippen LogP contribution in [0, 0.1) is 11.6 Å². The summed E-state index contributed by atoms with van der Waals surface area (Å²) in [6, 6.07) is 8.91. The lowest BCUT2D eigenvalue weighted by Gasteiger charge is -1.99. The average molecular weight is 416 g/mol. The second-order valence-electron chi connectivity index (χ2n) is 4.16. The summed E-state index contributed by atoms with van der Waals surface area (Å²) in [6.07, 6.45) is 0. The number of rotatable bonds is 2. The van der Waals surface area contributed by atoms with Crippen LogP contribution in [-0.2, 0) is 0 Å². The molecular weight excluding hydrogens is 410 g/mol. The summed E-state index contributed by atoms with van der Waals surface area (Å²) in [5.74, 6) is -1.01. The third-order valence-electron chi connectivity index (χ3n) is 2.75. The molecule has 21 heavy (non-hydrogen) atoms. The molecule has 0 amide bonds. The molecule has 0 aliphatic heterocycles. The molecule has 0 saturated carbocycles. The van der Waals surface area contributed by atoms with Crippen molar-refractivity contribution in [2.24, 2.45) is 0 Å². The van der Waals surface area contributed by atoms with Crippen LogP contribution in [0.4, 0.5) is 8.78 Å². The van der Waals surface area contributed by atoms with Crippen molar-refractivity contribution in [3.8, 4) is 22.9 Å². The summed E-state index contributed by atoms with van der Waals surface area (Å²) in [6.45, 7) is 0. The van der Waals surface area contributed by atoms with Gasteiger partial charge in [0.15, 0.2) is 0 Å². The molecular formula is C14H6Br2F2N2O. The van der Waals surface area contributed by atoms with Gasteiger partial charge in [0, 0.05) is 8.95 Å². The Balaban J connectivity index is 2.03. The fourth-order valence-corrected chi connectivity index (χ4v) is 2.43. The Kier molecular flexibility index (Phi) is 3.86. The number of nitrogens with zero attached hydrogens (tertiary/aromatic N) is 2. The van der Waals surface area contributed by atoms with Crippen molar-refractivity contribution in [3.05, 3.63) is 57.0 Å². The molecule has 0 aliphatic rings. The van der Waals surface area contributed by atoms with Gasteiger partial charge in [0.2, 0.25) is 0 Å². The van der Waals surface area contributed by atoms with Gasteiger partial charge in [0.05, 0.1) is 11.1 Å². The Hall–Kier alpha value is -1.60. The van der Waals surface area contributed by atoms with Gasteiger partial charge in [-0.2, -0.15) is 0 Å². The molecule has 0 aliphatic carbocycles. The standard InChI is InChI=1S/C14H6Br2F2N2O/c15-7-1-3-9(11(17)5-7)13-19-20-14(21-13)10-4-2-8(16)6-12(10)18/h1-6H. The third kappa shape index (κ3) is 2.89. The fraction of sp³-hybridized carbons (Fsp3) is 0. The first-order chi connectivity index (χ1) is 10.0. The average Bonchev–Trinajstić information content (AvgIpc) is 2.87. The molecule has 0 unspecified atom stereocenters. The van der Waals surface area contributed by atoms with E-state index in [-0.39, 0.29) is 22.9 Å². The summed E-state index contributed by atoms with van der Waals surface area (Å²) in [5, 5.41) is 7.53. The predicted octanol–water partition coefficient (Wildman–Crippen LogP) is 5.21.